The first kappa shape index (κ1) is 49.1. The van der Waals surface area contributed by atoms with Crippen molar-refractivity contribution in [3.63, 3.8) is 0 Å². The maximum atomic E-state index is 12.7. The second-order valence-electron chi connectivity index (χ2n) is 15.0. The molecule has 0 rings (SSSR count). The lowest BCUT2D eigenvalue weighted by atomic mass is 10.0. The molecule has 0 saturated carbocycles. The molecule has 1 atom stereocenters. The van der Waals surface area contributed by atoms with Gasteiger partial charge in [-0.15, -0.1) is 0 Å². The monoisotopic (exact) mass is 721 g/mol. The van der Waals surface area contributed by atoms with E-state index in [1.165, 1.54) is 135 Å². The molecule has 0 aromatic heterocycles. The van der Waals surface area contributed by atoms with Gasteiger partial charge in [-0.25, -0.2) is 0 Å². The summed E-state index contributed by atoms with van der Waals surface area (Å²) in [6.07, 6.45) is 41.9. The Kier molecular flexibility index (Phi) is 39.4. The van der Waals surface area contributed by atoms with Gasteiger partial charge in [-0.2, -0.15) is 0 Å². The largest absolute Gasteiger partial charge is 0.462 e. The molecule has 0 heterocycles. The van der Waals surface area contributed by atoms with Gasteiger partial charge in [0.05, 0.1) is 0 Å². The molecule has 0 amide bonds. The predicted molar refractivity (Wildman–Crippen MR) is 215 cm³/mol. The van der Waals surface area contributed by atoms with E-state index >= 15 is 0 Å². The first-order valence-electron chi connectivity index (χ1n) is 22.2. The lowest BCUT2D eigenvalue weighted by molar-refractivity contribution is -0.167. The normalized spacial score (nSPS) is 12.0. The molecule has 0 aliphatic heterocycles. The SMILES string of the molecule is CCCCCC/C=C\CCCCCCCC(=O)OCC(COC(=O)CCCCCCCCCC)OC(=O)CCCCCCCCCCCCCC. The number of carbonyl (C=O) groups is 3. The average Bonchev–Trinajstić information content (AvgIpc) is 3.12. The molecule has 0 aliphatic rings. The lowest BCUT2D eigenvalue weighted by Gasteiger charge is -2.18. The van der Waals surface area contributed by atoms with E-state index in [0.717, 1.165) is 64.2 Å². The number of carbonyl (C=O) groups excluding carboxylic acids is 3. The smallest absolute Gasteiger partial charge is 0.306 e. The standard InChI is InChI=1S/C45H84O6/c1-4-7-10-13-16-19-21-23-25-26-29-32-35-38-44(47)50-41-42(40-49-43(46)37-34-31-28-18-15-12-9-6-3)51-45(48)39-36-33-30-27-24-22-20-17-14-11-8-5-2/h19,21,42H,4-18,20,22-41H2,1-3H3/b21-19-. The average molecular weight is 721 g/mol. The Morgan fingerprint density at radius 3 is 1.00 bits per heavy atom. The molecule has 6 nitrogen and oxygen atoms in total. The van der Waals surface area contributed by atoms with Crippen LogP contribution < -0.4 is 0 Å². The fourth-order valence-electron chi connectivity index (χ4n) is 6.38. The molecular weight excluding hydrogens is 636 g/mol. The summed E-state index contributed by atoms with van der Waals surface area (Å²) in [5, 5.41) is 0. The van der Waals surface area contributed by atoms with Crippen LogP contribution in [0.5, 0.6) is 0 Å². The van der Waals surface area contributed by atoms with Crippen LogP contribution in [0.3, 0.4) is 0 Å². The predicted octanol–water partition coefficient (Wildman–Crippen LogP) is 13.9. The maximum absolute atomic E-state index is 12.7. The molecular formula is C45H84O6. The second kappa shape index (κ2) is 40.9. The summed E-state index contributed by atoms with van der Waals surface area (Å²) < 4.78 is 16.6. The molecule has 0 aromatic carbocycles. The van der Waals surface area contributed by atoms with Crippen molar-refractivity contribution < 1.29 is 28.6 Å². The van der Waals surface area contributed by atoms with Gasteiger partial charge in [-0.05, 0) is 44.9 Å². The van der Waals surface area contributed by atoms with Crippen LogP contribution in [-0.2, 0) is 28.6 Å². The second-order valence-corrected chi connectivity index (χ2v) is 15.0. The van der Waals surface area contributed by atoms with Crippen LogP contribution in [0.1, 0.15) is 239 Å². The molecule has 0 bridgehead atoms. The summed E-state index contributed by atoms with van der Waals surface area (Å²) in [6.45, 7) is 6.58. The van der Waals surface area contributed by atoms with Crippen LogP contribution >= 0.6 is 0 Å². The Balaban J connectivity index is 4.33. The summed E-state index contributed by atoms with van der Waals surface area (Å²) in [4.78, 5) is 37.6. The fraction of sp³-hybridized carbons (Fsp3) is 0.889. The molecule has 0 aromatic rings. The van der Waals surface area contributed by atoms with E-state index in [9.17, 15) is 14.4 Å². The molecule has 51 heavy (non-hydrogen) atoms. The van der Waals surface area contributed by atoms with Gasteiger partial charge in [-0.1, -0.05) is 187 Å². The molecule has 1 unspecified atom stereocenters. The minimum atomic E-state index is -0.763. The molecule has 300 valence electrons. The number of allylic oxidation sites excluding steroid dienone is 2. The summed E-state index contributed by atoms with van der Waals surface area (Å²) in [5.74, 6) is -0.876. The number of esters is 3. The van der Waals surface area contributed by atoms with E-state index < -0.39 is 6.10 Å². The van der Waals surface area contributed by atoms with Gasteiger partial charge in [0.1, 0.15) is 13.2 Å². The molecule has 0 saturated heterocycles. The fourth-order valence-corrected chi connectivity index (χ4v) is 6.38. The van der Waals surface area contributed by atoms with E-state index in [4.69, 9.17) is 14.2 Å². The van der Waals surface area contributed by atoms with Crippen LogP contribution in [0.4, 0.5) is 0 Å². The Hall–Kier alpha value is -1.85. The van der Waals surface area contributed by atoms with Gasteiger partial charge >= 0.3 is 17.9 Å². The maximum Gasteiger partial charge on any atom is 0.306 e. The van der Waals surface area contributed by atoms with Crippen molar-refractivity contribution in [2.75, 3.05) is 13.2 Å². The number of rotatable bonds is 40. The van der Waals surface area contributed by atoms with E-state index in [0.29, 0.717) is 19.3 Å². The molecule has 6 heteroatoms. The topological polar surface area (TPSA) is 78.9 Å². The summed E-state index contributed by atoms with van der Waals surface area (Å²) in [6, 6.07) is 0. The van der Waals surface area contributed by atoms with Crippen LogP contribution in [0.2, 0.25) is 0 Å². The minimum absolute atomic E-state index is 0.0689. The van der Waals surface area contributed by atoms with Crippen molar-refractivity contribution in [3.8, 4) is 0 Å². The van der Waals surface area contributed by atoms with E-state index in [2.05, 4.69) is 32.9 Å². The molecule has 0 radical (unpaired) electrons. The highest BCUT2D eigenvalue weighted by Gasteiger charge is 2.19. The van der Waals surface area contributed by atoms with Crippen LogP contribution in [0.15, 0.2) is 12.2 Å². The van der Waals surface area contributed by atoms with Crippen molar-refractivity contribution in [1.29, 1.82) is 0 Å². The van der Waals surface area contributed by atoms with E-state index in [1.807, 2.05) is 0 Å². The highest BCUT2D eigenvalue weighted by molar-refractivity contribution is 5.71. The Bertz CT molecular complexity index is 794. The zero-order valence-corrected chi connectivity index (χ0v) is 34.1. The Labute approximate surface area is 316 Å². The summed E-state index contributed by atoms with van der Waals surface area (Å²) >= 11 is 0. The van der Waals surface area contributed by atoms with Crippen LogP contribution in [0, 0.1) is 0 Å². The highest BCUT2D eigenvalue weighted by atomic mass is 16.6. The van der Waals surface area contributed by atoms with Crippen molar-refractivity contribution in [1.82, 2.24) is 0 Å². The summed E-state index contributed by atoms with van der Waals surface area (Å²) in [5.41, 5.74) is 0. The first-order chi connectivity index (χ1) is 25.0. The minimum Gasteiger partial charge on any atom is -0.462 e. The molecule has 0 N–H and O–H groups in total. The van der Waals surface area contributed by atoms with Gasteiger partial charge in [0, 0.05) is 19.3 Å². The zero-order valence-electron chi connectivity index (χ0n) is 34.1. The van der Waals surface area contributed by atoms with Gasteiger partial charge in [0.15, 0.2) is 6.10 Å². The van der Waals surface area contributed by atoms with Gasteiger partial charge < -0.3 is 14.2 Å². The Morgan fingerprint density at radius 2 is 0.647 bits per heavy atom. The molecule has 0 fully saturated rings. The molecule has 0 aliphatic carbocycles. The zero-order chi connectivity index (χ0) is 37.3. The third-order valence-corrected chi connectivity index (χ3v) is 9.77. The third-order valence-electron chi connectivity index (χ3n) is 9.77. The number of hydrogen-bond donors (Lipinski definition) is 0. The van der Waals surface area contributed by atoms with Crippen LogP contribution in [-0.4, -0.2) is 37.2 Å². The first-order valence-corrected chi connectivity index (χ1v) is 22.2. The van der Waals surface area contributed by atoms with E-state index in [-0.39, 0.29) is 31.1 Å². The Morgan fingerprint density at radius 1 is 0.373 bits per heavy atom. The van der Waals surface area contributed by atoms with Crippen molar-refractivity contribution in [3.05, 3.63) is 12.2 Å². The molecule has 0 spiro atoms. The van der Waals surface area contributed by atoms with E-state index in [1.54, 1.807) is 0 Å². The van der Waals surface area contributed by atoms with Crippen molar-refractivity contribution in [2.45, 2.75) is 245 Å². The van der Waals surface area contributed by atoms with Crippen LogP contribution in [0.25, 0.3) is 0 Å². The number of hydrogen-bond acceptors (Lipinski definition) is 6. The van der Waals surface area contributed by atoms with Gasteiger partial charge in [0.2, 0.25) is 0 Å². The number of unbranched alkanes of at least 4 members (excludes halogenated alkanes) is 27. The third kappa shape index (κ3) is 39.2. The quantitative estimate of drug-likeness (QED) is 0.0271. The van der Waals surface area contributed by atoms with Gasteiger partial charge in [0.25, 0.3) is 0 Å². The van der Waals surface area contributed by atoms with Crippen molar-refractivity contribution in [2.24, 2.45) is 0 Å². The number of ether oxygens (including phenoxy) is 3. The summed E-state index contributed by atoms with van der Waals surface area (Å²) in [7, 11) is 0. The highest BCUT2D eigenvalue weighted by Crippen LogP contribution is 2.15. The van der Waals surface area contributed by atoms with Crippen molar-refractivity contribution >= 4 is 17.9 Å². The lowest BCUT2D eigenvalue weighted by Crippen LogP contribution is -2.30. The van der Waals surface area contributed by atoms with Gasteiger partial charge in [-0.3, -0.25) is 14.4 Å².